The Labute approximate surface area is 115 Å². The van der Waals surface area contributed by atoms with Gasteiger partial charge in [0.25, 0.3) is 0 Å². The Bertz CT molecular complexity index is 425. The average molecular weight is 262 g/mol. The van der Waals surface area contributed by atoms with E-state index in [1.165, 1.54) is 0 Å². The van der Waals surface area contributed by atoms with Gasteiger partial charge in [-0.25, -0.2) is 0 Å². The molecule has 0 aromatic heterocycles. The molecular formula is C15H22N2O2. The molecule has 0 aliphatic carbocycles. The molecular weight excluding hydrogens is 240 g/mol. The minimum absolute atomic E-state index is 0.593. The monoisotopic (exact) mass is 262 g/mol. The molecule has 104 valence electrons. The van der Waals surface area contributed by atoms with E-state index in [1.807, 2.05) is 6.07 Å². The Balaban J connectivity index is 2.35. The van der Waals surface area contributed by atoms with Crippen molar-refractivity contribution in [3.63, 3.8) is 0 Å². The van der Waals surface area contributed by atoms with E-state index in [1.54, 1.807) is 19.2 Å². The van der Waals surface area contributed by atoms with E-state index in [0.29, 0.717) is 23.8 Å². The summed E-state index contributed by atoms with van der Waals surface area (Å²) in [5.41, 5.74) is 1.48. The highest BCUT2D eigenvalue weighted by Gasteiger charge is 2.03. The summed E-state index contributed by atoms with van der Waals surface area (Å²) in [5.74, 6) is 1.35. The van der Waals surface area contributed by atoms with Gasteiger partial charge >= 0.3 is 0 Å². The minimum Gasteiger partial charge on any atom is -0.495 e. The molecule has 19 heavy (non-hydrogen) atoms. The number of nitrogens with one attached hydrogen (secondary N) is 1. The first-order valence-electron chi connectivity index (χ1n) is 6.57. The zero-order valence-corrected chi connectivity index (χ0v) is 11.9. The maximum absolute atomic E-state index is 8.82. The summed E-state index contributed by atoms with van der Waals surface area (Å²) in [6.45, 7) is 6.55. The van der Waals surface area contributed by atoms with Crippen LogP contribution in [-0.4, -0.2) is 26.9 Å². The number of hydrogen-bond acceptors (Lipinski definition) is 4. The van der Waals surface area contributed by atoms with Crippen LogP contribution in [0, 0.1) is 17.2 Å². The fraction of sp³-hybridized carbons (Fsp3) is 0.533. The van der Waals surface area contributed by atoms with Crippen LogP contribution in [-0.2, 0) is 4.74 Å². The number of hydrogen-bond donors (Lipinski definition) is 1. The Kier molecular flexibility index (Phi) is 6.76. The second-order valence-corrected chi connectivity index (χ2v) is 4.75. The maximum Gasteiger partial charge on any atom is 0.143 e. The van der Waals surface area contributed by atoms with Crippen LogP contribution >= 0.6 is 0 Å². The predicted molar refractivity (Wildman–Crippen MR) is 76.5 cm³/mol. The van der Waals surface area contributed by atoms with E-state index in [9.17, 15) is 0 Å². The molecule has 0 spiro atoms. The van der Waals surface area contributed by atoms with Crippen molar-refractivity contribution in [3.8, 4) is 11.8 Å². The van der Waals surface area contributed by atoms with Crippen molar-refractivity contribution >= 4 is 5.69 Å². The van der Waals surface area contributed by atoms with Crippen LogP contribution < -0.4 is 10.1 Å². The largest absolute Gasteiger partial charge is 0.495 e. The van der Waals surface area contributed by atoms with Gasteiger partial charge in [-0.15, -0.1) is 0 Å². The molecule has 1 aromatic rings. The third kappa shape index (κ3) is 5.62. The summed E-state index contributed by atoms with van der Waals surface area (Å²) in [5, 5.41) is 12.1. The number of nitriles is 1. The molecule has 0 atom stereocenters. The first-order valence-corrected chi connectivity index (χ1v) is 6.57. The molecule has 0 aliphatic heterocycles. The van der Waals surface area contributed by atoms with Crippen LogP contribution in [0.5, 0.6) is 5.75 Å². The lowest BCUT2D eigenvalue weighted by Crippen LogP contribution is -2.11. The van der Waals surface area contributed by atoms with Crippen LogP contribution in [0.15, 0.2) is 18.2 Å². The molecule has 0 fully saturated rings. The first kappa shape index (κ1) is 15.3. The van der Waals surface area contributed by atoms with Crippen molar-refractivity contribution in [1.29, 1.82) is 5.26 Å². The van der Waals surface area contributed by atoms with Crippen LogP contribution in [0.1, 0.15) is 25.8 Å². The smallest absolute Gasteiger partial charge is 0.143 e. The summed E-state index contributed by atoms with van der Waals surface area (Å²) in [4.78, 5) is 0. The molecule has 1 aromatic carbocycles. The number of methoxy groups -OCH3 is 1. The average Bonchev–Trinajstić information content (AvgIpc) is 2.42. The van der Waals surface area contributed by atoms with E-state index >= 15 is 0 Å². The van der Waals surface area contributed by atoms with Crippen LogP contribution in [0.4, 0.5) is 5.69 Å². The number of rotatable bonds is 8. The molecule has 0 saturated heterocycles. The summed E-state index contributed by atoms with van der Waals surface area (Å²) in [7, 11) is 1.60. The minimum atomic E-state index is 0.593. The van der Waals surface area contributed by atoms with Gasteiger partial charge in [-0.3, -0.25) is 0 Å². The molecule has 0 heterocycles. The summed E-state index contributed by atoms with van der Waals surface area (Å²) in [6, 6.07) is 7.44. The zero-order valence-electron chi connectivity index (χ0n) is 11.9. The zero-order chi connectivity index (χ0) is 14.1. The highest BCUT2D eigenvalue weighted by atomic mass is 16.5. The van der Waals surface area contributed by atoms with E-state index in [4.69, 9.17) is 14.7 Å². The standard InChI is InChI=1S/C15H22N2O2/c1-12(2)6-8-19-9-7-17-14-5-4-13(11-16)10-15(14)18-3/h4-5,10,12,17H,6-9H2,1-3H3. The highest BCUT2D eigenvalue weighted by molar-refractivity contribution is 5.59. The molecule has 4 heteroatoms. The van der Waals surface area contributed by atoms with Gasteiger partial charge in [-0.05, 0) is 24.5 Å². The third-order valence-electron chi connectivity index (χ3n) is 2.73. The quantitative estimate of drug-likeness (QED) is 0.732. The normalized spacial score (nSPS) is 10.3. The van der Waals surface area contributed by atoms with Crippen molar-refractivity contribution in [2.45, 2.75) is 20.3 Å². The van der Waals surface area contributed by atoms with Gasteiger partial charge < -0.3 is 14.8 Å². The van der Waals surface area contributed by atoms with Crippen LogP contribution in [0.25, 0.3) is 0 Å². The van der Waals surface area contributed by atoms with Gasteiger partial charge in [0.2, 0.25) is 0 Å². The van der Waals surface area contributed by atoms with Crippen LogP contribution in [0.2, 0.25) is 0 Å². The number of benzene rings is 1. The topological polar surface area (TPSA) is 54.3 Å². The van der Waals surface area contributed by atoms with E-state index in [0.717, 1.165) is 25.3 Å². The number of ether oxygens (including phenoxy) is 2. The van der Waals surface area contributed by atoms with Crippen molar-refractivity contribution in [2.24, 2.45) is 5.92 Å². The molecule has 4 nitrogen and oxygen atoms in total. The highest BCUT2D eigenvalue weighted by Crippen LogP contribution is 2.24. The Hall–Kier alpha value is -1.73. The first-order chi connectivity index (χ1) is 9.17. The molecule has 1 N–H and O–H groups in total. The Morgan fingerprint density at radius 1 is 1.32 bits per heavy atom. The van der Waals surface area contributed by atoms with E-state index in [-0.39, 0.29) is 0 Å². The van der Waals surface area contributed by atoms with Gasteiger partial charge in [-0.2, -0.15) is 5.26 Å². The molecule has 0 radical (unpaired) electrons. The van der Waals surface area contributed by atoms with Crippen molar-refractivity contribution in [2.75, 3.05) is 32.2 Å². The van der Waals surface area contributed by atoms with E-state index < -0.39 is 0 Å². The maximum atomic E-state index is 8.82. The van der Waals surface area contributed by atoms with Crippen molar-refractivity contribution in [3.05, 3.63) is 23.8 Å². The van der Waals surface area contributed by atoms with Crippen molar-refractivity contribution in [1.82, 2.24) is 0 Å². The lowest BCUT2D eigenvalue weighted by atomic mass is 10.1. The molecule has 0 saturated carbocycles. The Morgan fingerprint density at radius 3 is 2.74 bits per heavy atom. The van der Waals surface area contributed by atoms with E-state index in [2.05, 4.69) is 25.2 Å². The second kappa shape index (κ2) is 8.39. The van der Waals surface area contributed by atoms with Gasteiger partial charge in [0.15, 0.2) is 0 Å². The number of nitrogens with zero attached hydrogens (tertiary/aromatic N) is 1. The second-order valence-electron chi connectivity index (χ2n) is 4.75. The molecule has 0 unspecified atom stereocenters. The SMILES string of the molecule is COc1cc(C#N)ccc1NCCOCCC(C)C. The Morgan fingerprint density at radius 2 is 2.11 bits per heavy atom. The lowest BCUT2D eigenvalue weighted by Gasteiger charge is -2.12. The van der Waals surface area contributed by atoms with Gasteiger partial charge in [0, 0.05) is 19.2 Å². The van der Waals surface area contributed by atoms with Gasteiger partial charge in [0.05, 0.1) is 31.0 Å². The molecule has 0 bridgehead atoms. The van der Waals surface area contributed by atoms with Crippen LogP contribution in [0.3, 0.4) is 0 Å². The van der Waals surface area contributed by atoms with Gasteiger partial charge in [0.1, 0.15) is 5.75 Å². The fourth-order valence-corrected chi connectivity index (χ4v) is 1.59. The molecule has 0 amide bonds. The lowest BCUT2D eigenvalue weighted by molar-refractivity contribution is 0.132. The fourth-order valence-electron chi connectivity index (χ4n) is 1.59. The number of anilines is 1. The predicted octanol–water partition coefficient (Wildman–Crippen LogP) is 3.04. The molecule has 1 rings (SSSR count). The van der Waals surface area contributed by atoms with Crippen molar-refractivity contribution < 1.29 is 9.47 Å². The third-order valence-corrected chi connectivity index (χ3v) is 2.73. The summed E-state index contributed by atoms with van der Waals surface area (Å²) < 4.78 is 10.8. The van der Waals surface area contributed by atoms with Gasteiger partial charge in [-0.1, -0.05) is 13.8 Å². The molecule has 0 aliphatic rings. The summed E-state index contributed by atoms with van der Waals surface area (Å²) >= 11 is 0. The summed E-state index contributed by atoms with van der Waals surface area (Å²) in [6.07, 6.45) is 1.08.